The van der Waals surface area contributed by atoms with E-state index in [2.05, 4.69) is 41.1 Å². The number of rotatable bonds is 6. The van der Waals surface area contributed by atoms with Crippen molar-refractivity contribution in [3.8, 4) is 0 Å². The van der Waals surface area contributed by atoms with Gasteiger partial charge in [-0.25, -0.2) is 9.67 Å². The van der Waals surface area contributed by atoms with Gasteiger partial charge in [-0.2, -0.15) is 5.10 Å². The molecule has 102 valence electrons. The summed E-state index contributed by atoms with van der Waals surface area (Å²) < 4.78 is 2.03. The molecule has 2 heterocycles. The van der Waals surface area contributed by atoms with Gasteiger partial charge in [-0.05, 0) is 39.8 Å². The smallest absolute Gasteiger partial charge is 0.141 e. The predicted molar refractivity (Wildman–Crippen MR) is 72.4 cm³/mol. The Labute approximate surface area is 110 Å². The molecule has 0 bridgehead atoms. The standard InChI is InChI=1S/C13H25N5/c1-4-14-8-12-6-5-7-17(12)9-13-15-10-16-18(13)11(2)3/h10-12,14H,4-9H2,1-3H3. The summed E-state index contributed by atoms with van der Waals surface area (Å²) in [7, 11) is 0. The zero-order chi connectivity index (χ0) is 13.0. The zero-order valence-electron chi connectivity index (χ0n) is 11.8. The molecule has 1 fully saturated rings. The molecule has 1 N–H and O–H groups in total. The monoisotopic (exact) mass is 251 g/mol. The second-order valence-electron chi connectivity index (χ2n) is 5.29. The molecular formula is C13H25N5. The van der Waals surface area contributed by atoms with E-state index in [1.165, 1.54) is 19.4 Å². The van der Waals surface area contributed by atoms with Crippen LogP contribution in [-0.4, -0.2) is 45.3 Å². The van der Waals surface area contributed by atoms with Crippen LogP contribution in [0.4, 0.5) is 0 Å². The Balaban J connectivity index is 1.97. The summed E-state index contributed by atoms with van der Waals surface area (Å²) >= 11 is 0. The van der Waals surface area contributed by atoms with Crippen molar-refractivity contribution in [2.75, 3.05) is 19.6 Å². The third-order valence-corrected chi connectivity index (χ3v) is 3.61. The predicted octanol–water partition coefficient (Wildman–Crippen LogP) is 1.43. The third-order valence-electron chi connectivity index (χ3n) is 3.61. The van der Waals surface area contributed by atoms with Crippen molar-refractivity contribution >= 4 is 0 Å². The molecule has 0 aliphatic carbocycles. The summed E-state index contributed by atoms with van der Waals surface area (Å²) in [4.78, 5) is 6.94. The normalized spacial score (nSPS) is 21.0. The van der Waals surface area contributed by atoms with E-state index >= 15 is 0 Å². The van der Waals surface area contributed by atoms with Crippen LogP contribution in [0.2, 0.25) is 0 Å². The fraction of sp³-hybridized carbons (Fsp3) is 0.846. The molecule has 1 atom stereocenters. The lowest BCUT2D eigenvalue weighted by Gasteiger charge is -2.24. The van der Waals surface area contributed by atoms with Gasteiger partial charge in [-0.1, -0.05) is 6.92 Å². The molecule has 18 heavy (non-hydrogen) atoms. The number of hydrogen-bond acceptors (Lipinski definition) is 4. The van der Waals surface area contributed by atoms with Crippen LogP contribution in [0.3, 0.4) is 0 Å². The van der Waals surface area contributed by atoms with Crippen molar-refractivity contribution in [3.63, 3.8) is 0 Å². The van der Waals surface area contributed by atoms with E-state index in [1.54, 1.807) is 6.33 Å². The summed E-state index contributed by atoms with van der Waals surface area (Å²) in [6.45, 7) is 10.7. The average molecular weight is 251 g/mol. The van der Waals surface area contributed by atoms with Gasteiger partial charge in [0, 0.05) is 18.6 Å². The molecular weight excluding hydrogens is 226 g/mol. The van der Waals surface area contributed by atoms with Gasteiger partial charge in [0.2, 0.25) is 0 Å². The lowest BCUT2D eigenvalue weighted by Crippen LogP contribution is -2.38. The van der Waals surface area contributed by atoms with Crippen LogP contribution in [0.15, 0.2) is 6.33 Å². The zero-order valence-corrected chi connectivity index (χ0v) is 11.8. The highest BCUT2D eigenvalue weighted by Crippen LogP contribution is 2.19. The molecule has 1 aliphatic rings. The highest BCUT2D eigenvalue weighted by atomic mass is 15.4. The first kappa shape index (κ1) is 13.5. The Morgan fingerprint density at radius 2 is 2.33 bits per heavy atom. The van der Waals surface area contributed by atoms with Crippen molar-refractivity contribution in [1.29, 1.82) is 0 Å². The van der Waals surface area contributed by atoms with Crippen molar-refractivity contribution in [2.24, 2.45) is 0 Å². The molecule has 0 aromatic carbocycles. The number of likely N-dealkylation sites (tertiary alicyclic amines) is 1. The second kappa shape index (κ2) is 6.29. The number of nitrogens with one attached hydrogen (secondary N) is 1. The largest absolute Gasteiger partial charge is 0.315 e. The van der Waals surface area contributed by atoms with E-state index < -0.39 is 0 Å². The Hall–Kier alpha value is -0.940. The molecule has 5 nitrogen and oxygen atoms in total. The maximum absolute atomic E-state index is 4.41. The first-order valence-electron chi connectivity index (χ1n) is 7.05. The number of aromatic nitrogens is 3. The third kappa shape index (κ3) is 3.09. The van der Waals surface area contributed by atoms with Gasteiger partial charge in [0.05, 0.1) is 6.54 Å². The summed E-state index contributed by atoms with van der Waals surface area (Å²) in [5.74, 6) is 1.09. The molecule has 1 aromatic rings. The van der Waals surface area contributed by atoms with Crippen LogP contribution in [0, 0.1) is 0 Å². The fourth-order valence-corrected chi connectivity index (χ4v) is 2.65. The van der Waals surface area contributed by atoms with E-state index in [-0.39, 0.29) is 0 Å². The highest BCUT2D eigenvalue weighted by molar-refractivity contribution is 4.91. The maximum Gasteiger partial charge on any atom is 0.141 e. The lowest BCUT2D eigenvalue weighted by molar-refractivity contribution is 0.228. The van der Waals surface area contributed by atoms with Crippen molar-refractivity contribution in [1.82, 2.24) is 25.0 Å². The van der Waals surface area contributed by atoms with Crippen LogP contribution in [0.5, 0.6) is 0 Å². The van der Waals surface area contributed by atoms with Crippen molar-refractivity contribution < 1.29 is 0 Å². The minimum absolute atomic E-state index is 0.386. The molecule has 1 aromatic heterocycles. The Morgan fingerprint density at radius 1 is 1.50 bits per heavy atom. The summed E-state index contributed by atoms with van der Waals surface area (Å²) in [5, 5.41) is 7.76. The molecule has 0 spiro atoms. The van der Waals surface area contributed by atoms with Gasteiger partial charge in [-0.15, -0.1) is 0 Å². The summed E-state index contributed by atoms with van der Waals surface area (Å²) in [6.07, 6.45) is 4.26. The molecule has 0 saturated carbocycles. The number of nitrogens with zero attached hydrogens (tertiary/aromatic N) is 4. The molecule has 0 amide bonds. The summed E-state index contributed by atoms with van der Waals surface area (Å²) in [6, 6.07) is 1.04. The molecule has 1 saturated heterocycles. The molecule has 1 aliphatic heterocycles. The van der Waals surface area contributed by atoms with Gasteiger partial charge in [-0.3, -0.25) is 4.90 Å². The van der Waals surface area contributed by atoms with Crippen LogP contribution < -0.4 is 5.32 Å². The molecule has 2 rings (SSSR count). The Kier molecular flexibility index (Phi) is 4.72. The van der Waals surface area contributed by atoms with E-state index in [1.807, 2.05) is 4.68 Å². The van der Waals surface area contributed by atoms with Gasteiger partial charge in [0.15, 0.2) is 0 Å². The van der Waals surface area contributed by atoms with E-state index in [0.29, 0.717) is 12.1 Å². The first-order valence-corrected chi connectivity index (χ1v) is 7.05. The Bertz CT molecular complexity index is 360. The van der Waals surface area contributed by atoms with Gasteiger partial charge in [0.25, 0.3) is 0 Å². The lowest BCUT2D eigenvalue weighted by atomic mass is 10.2. The van der Waals surface area contributed by atoms with E-state index in [4.69, 9.17) is 0 Å². The van der Waals surface area contributed by atoms with Crippen LogP contribution >= 0.6 is 0 Å². The van der Waals surface area contributed by atoms with Crippen molar-refractivity contribution in [2.45, 2.75) is 52.2 Å². The van der Waals surface area contributed by atoms with Gasteiger partial charge < -0.3 is 5.32 Å². The van der Waals surface area contributed by atoms with Gasteiger partial charge >= 0.3 is 0 Å². The Morgan fingerprint density at radius 3 is 3.06 bits per heavy atom. The highest BCUT2D eigenvalue weighted by Gasteiger charge is 2.25. The van der Waals surface area contributed by atoms with E-state index in [0.717, 1.165) is 25.5 Å². The average Bonchev–Trinajstić information content (AvgIpc) is 2.96. The van der Waals surface area contributed by atoms with Crippen LogP contribution in [0.25, 0.3) is 0 Å². The maximum atomic E-state index is 4.41. The first-order chi connectivity index (χ1) is 8.72. The van der Waals surface area contributed by atoms with E-state index in [9.17, 15) is 0 Å². The topological polar surface area (TPSA) is 46.0 Å². The minimum Gasteiger partial charge on any atom is -0.315 e. The van der Waals surface area contributed by atoms with Crippen LogP contribution in [0.1, 0.15) is 45.5 Å². The molecule has 5 heteroatoms. The quantitative estimate of drug-likeness (QED) is 0.831. The fourth-order valence-electron chi connectivity index (χ4n) is 2.65. The van der Waals surface area contributed by atoms with Crippen LogP contribution in [-0.2, 0) is 6.54 Å². The summed E-state index contributed by atoms with van der Waals surface area (Å²) in [5.41, 5.74) is 0. The second-order valence-corrected chi connectivity index (χ2v) is 5.29. The number of likely N-dealkylation sites (N-methyl/N-ethyl adjacent to an activating group) is 1. The molecule has 0 radical (unpaired) electrons. The minimum atomic E-state index is 0.386. The number of hydrogen-bond donors (Lipinski definition) is 1. The van der Waals surface area contributed by atoms with Gasteiger partial charge in [0.1, 0.15) is 12.2 Å². The van der Waals surface area contributed by atoms with Crippen molar-refractivity contribution in [3.05, 3.63) is 12.2 Å². The molecule has 1 unspecified atom stereocenters. The SMILES string of the molecule is CCNCC1CCCN1Cc1ncnn1C(C)C.